The van der Waals surface area contributed by atoms with E-state index in [2.05, 4.69) is 36.4 Å². The molecule has 1 N–H and O–H groups in total. The first-order chi connectivity index (χ1) is 8.27. The topological polar surface area (TPSA) is 80.9 Å². The van der Waals surface area contributed by atoms with Gasteiger partial charge in [0.2, 0.25) is 5.89 Å². The first-order valence-electron chi connectivity index (χ1n) is 4.91. The third-order valence-electron chi connectivity index (χ3n) is 2.04. The Morgan fingerprint density at radius 1 is 1.47 bits per heavy atom. The van der Waals surface area contributed by atoms with E-state index < -0.39 is 0 Å². The molecule has 0 aliphatic carbocycles. The average Bonchev–Trinajstić information content (AvgIpc) is 2.82. The first kappa shape index (κ1) is 11.7. The van der Waals surface area contributed by atoms with Crippen LogP contribution in [-0.2, 0) is 6.42 Å². The largest absolute Gasteiger partial charge is 0.351 e. The zero-order valence-electron chi connectivity index (χ0n) is 8.76. The molecule has 0 bridgehead atoms. The Bertz CT molecular complexity index is 501. The number of carbonyl (C=O) groups is 1. The molecule has 0 aliphatic heterocycles. The second-order valence-corrected chi connectivity index (χ2v) is 3.93. The first-order valence-corrected chi connectivity index (χ1v) is 5.71. The zero-order chi connectivity index (χ0) is 12.1. The Kier molecular flexibility index (Phi) is 3.81. The number of hydrogen-bond acceptors (Lipinski definition) is 5. The second-order valence-electron chi connectivity index (χ2n) is 3.18. The minimum atomic E-state index is -0.190. The highest BCUT2D eigenvalue weighted by Gasteiger charge is 2.09. The predicted molar refractivity (Wildman–Crippen MR) is 62.3 cm³/mol. The van der Waals surface area contributed by atoms with Crippen LogP contribution in [0, 0.1) is 0 Å². The molecule has 0 unspecified atom stereocenters. The van der Waals surface area contributed by atoms with Crippen LogP contribution >= 0.6 is 15.9 Å². The molecule has 2 aromatic heterocycles. The van der Waals surface area contributed by atoms with Crippen molar-refractivity contribution in [2.75, 3.05) is 6.54 Å². The van der Waals surface area contributed by atoms with E-state index in [9.17, 15) is 4.79 Å². The average molecular weight is 297 g/mol. The van der Waals surface area contributed by atoms with Gasteiger partial charge in [-0.05, 0) is 28.1 Å². The number of halogens is 1. The van der Waals surface area contributed by atoms with Crippen molar-refractivity contribution in [1.29, 1.82) is 0 Å². The molecule has 7 heteroatoms. The molecule has 2 aromatic rings. The minimum Gasteiger partial charge on any atom is -0.351 e. The van der Waals surface area contributed by atoms with Crippen LogP contribution in [0.25, 0.3) is 0 Å². The van der Waals surface area contributed by atoms with Gasteiger partial charge in [-0.25, -0.2) is 4.98 Å². The van der Waals surface area contributed by atoms with E-state index in [4.69, 9.17) is 4.52 Å². The summed E-state index contributed by atoms with van der Waals surface area (Å²) < 4.78 is 5.33. The molecule has 0 saturated heterocycles. The van der Waals surface area contributed by atoms with Crippen molar-refractivity contribution in [1.82, 2.24) is 20.4 Å². The van der Waals surface area contributed by atoms with Gasteiger partial charge in [0, 0.05) is 19.2 Å². The van der Waals surface area contributed by atoms with Crippen LogP contribution < -0.4 is 5.32 Å². The van der Waals surface area contributed by atoms with Crippen LogP contribution in [0.1, 0.15) is 16.2 Å². The van der Waals surface area contributed by atoms with E-state index in [1.807, 2.05) is 0 Å². The van der Waals surface area contributed by atoms with Gasteiger partial charge < -0.3 is 9.84 Å². The molecule has 0 radical (unpaired) electrons. The SMILES string of the molecule is O=C(NCCc1ncno1)c1cccnc1Br. The molecule has 0 fully saturated rings. The number of nitrogens with one attached hydrogen (secondary N) is 1. The third kappa shape index (κ3) is 3.10. The molecular formula is C10H9BrN4O2. The van der Waals surface area contributed by atoms with Gasteiger partial charge in [-0.15, -0.1) is 0 Å². The van der Waals surface area contributed by atoms with Crippen LogP contribution in [0.2, 0.25) is 0 Å². The van der Waals surface area contributed by atoms with Gasteiger partial charge >= 0.3 is 0 Å². The molecule has 0 aliphatic rings. The lowest BCUT2D eigenvalue weighted by Gasteiger charge is -2.04. The lowest BCUT2D eigenvalue weighted by atomic mass is 10.2. The van der Waals surface area contributed by atoms with Crippen LogP contribution in [0.15, 0.2) is 33.8 Å². The summed E-state index contributed by atoms with van der Waals surface area (Å²) in [6, 6.07) is 3.40. The molecule has 17 heavy (non-hydrogen) atoms. The fourth-order valence-corrected chi connectivity index (χ4v) is 1.67. The van der Waals surface area contributed by atoms with Crippen LogP contribution in [0.5, 0.6) is 0 Å². The van der Waals surface area contributed by atoms with E-state index in [1.54, 1.807) is 18.3 Å². The fraction of sp³-hybridized carbons (Fsp3) is 0.200. The number of nitrogens with zero attached hydrogens (tertiary/aromatic N) is 3. The molecule has 0 saturated carbocycles. The Morgan fingerprint density at radius 2 is 2.35 bits per heavy atom. The summed E-state index contributed by atoms with van der Waals surface area (Å²) in [4.78, 5) is 19.6. The molecular weight excluding hydrogens is 288 g/mol. The Hall–Kier alpha value is -1.76. The van der Waals surface area contributed by atoms with Crippen molar-refractivity contribution in [3.63, 3.8) is 0 Å². The number of amides is 1. The monoisotopic (exact) mass is 296 g/mol. The number of hydrogen-bond donors (Lipinski definition) is 1. The van der Waals surface area contributed by atoms with Gasteiger partial charge in [0.05, 0.1) is 5.56 Å². The molecule has 2 rings (SSSR count). The molecule has 6 nitrogen and oxygen atoms in total. The van der Waals surface area contributed by atoms with Crippen LogP contribution in [0.4, 0.5) is 0 Å². The van der Waals surface area contributed by atoms with Gasteiger partial charge in [-0.1, -0.05) is 5.16 Å². The maximum Gasteiger partial charge on any atom is 0.254 e. The Balaban J connectivity index is 1.88. The van der Waals surface area contributed by atoms with Crippen molar-refractivity contribution in [2.24, 2.45) is 0 Å². The third-order valence-corrected chi connectivity index (χ3v) is 2.67. The van der Waals surface area contributed by atoms with E-state index in [-0.39, 0.29) is 5.91 Å². The number of carbonyl (C=O) groups excluding carboxylic acids is 1. The maximum atomic E-state index is 11.7. The van der Waals surface area contributed by atoms with Gasteiger partial charge in [0.15, 0.2) is 6.33 Å². The second kappa shape index (κ2) is 5.53. The van der Waals surface area contributed by atoms with Gasteiger partial charge in [0.1, 0.15) is 4.60 Å². The summed E-state index contributed by atoms with van der Waals surface area (Å²) in [5, 5.41) is 6.22. The fourth-order valence-electron chi connectivity index (χ4n) is 1.24. The van der Waals surface area contributed by atoms with Gasteiger partial charge in [-0.3, -0.25) is 4.79 Å². The number of aromatic nitrogens is 3. The van der Waals surface area contributed by atoms with Gasteiger partial charge in [0.25, 0.3) is 5.91 Å². The van der Waals surface area contributed by atoms with Crippen molar-refractivity contribution < 1.29 is 9.32 Å². The van der Waals surface area contributed by atoms with E-state index in [0.29, 0.717) is 29.0 Å². The molecule has 88 valence electrons. The minimum absolute atomic E-state index is 0.190. The molecule has 0 atom stereocenters. The predicted octanol–water partition coefficient (Wildman–Crippen LogP) is 1.20. The van der Waals surface area contributed by atoms with Crippen LogP contribution in [-0.4, -0.2) is 27.6 Å². The van der Waals surface area contributed by atoms with Crippen molar-refractivity contribution in [2.45, 2.75) is 6.42 Å². The van der Waals surface area contributed by atoms with Crippen LogP contribution in [0.3, 0.4) is 0 Å². The highest BCUT2D eigenvalue weighted by Crippen LogP contribution is 2.11. The summed E-state index contributed by atoms with van der Waals surface area (Å²) in [5.41, 5.74) is 0.498. The zero-order valence-corrected chi connectivity index (χ0v) is 10.3. The molecule has 0 spiro atoms. The van der Waals surface area contributed by atoms with E-state index in [1.165, 1.54) is 6.33 Å². The van der Waals surface area contributed by atoms with Gasteiger partial charge in [-0.2, -0.15) is 4.98 Å². The molecule has 2 heterocycles. The normalized spacial score (nSPS) is 10.2. The van der Waals surface area contributed by atoms with E-state index >= 15 is 0 Å². The highest BCUT2D eigenvalue weighted by atomic mass is 79.9. The number of pyridine rings is 1. The summed E-state index contributed by atoms with van der Waals surface area (Å²) >= 11 is 3.21. The lowest BCUT2D eigenvalue weighted by molar-refractivity contribution is 0.0952. The smallest absolute Gasteiger partial charge is 0.254 e. The van der Waals surface area contributed by atoms with E-state index in [0.717, 1.165) is 0 Å². The van der Waals surface area contributed by atoms with Crippen molar-refractivity contribution in [3.8, 4) is 0 Å². The lowest BCUT2D eigenvalue weighted by Crippen LogP contribution is -2.26. The summed E-state index contributed by atoms with van der Waals surface area (Å²) in [6.45, 7) is 0.433. The summed E-state index contributed by atoms with van der Waals surface area (Å²) in [5.74, 6) is 0.306. The molecule has 1 amide bonds. The summed E-state index contributed by atoms with van der Waals surface area (Å²) in [7, 11) is 0. The summed E-state index contributed by atoms with van der Waals surface area (Å²) in [6.07, 6.45) is 3.44. The maximum absolute atomic E-state index is 11.7. The van der Waals surface area contributed by atoms with Crippen molar-refractivity contribution in [3.05, 3.63) is 40.7 Å². The quantitative estimate of drug-likeness (QED) is 0.858. The highest BCUT2D eigenvalue weighted by molar-refractivity contribution is 9.10. The standard InChI is InChI=1S/C10H9BrN4O2/c11-9-7(2-1-4-12-9)10(16)13-5-3-8-14-6-15-17-8/h1-2,4,6H,3,5H2,(H,13,16). The Morgan fingerprint density at radius 3 is 3.06 bits per heavy atom. The Labute approximate surface area is 106 Å². The number of rotatable bonds is 4. The molecule has 0 aromatic carbocycles. The van der Waals surface area contributed by atoms with Crippen molar-refractivity contribution >= 4 is 21.8 Å².